The van der Waals surface area contributed by atoms with Gasteiger partial charge in [-0.15, -0.1) is 0 Å². The molecule has 3 aliphatic rings. The molecule has 2 aliphatic heterocycles. The predicted molar refractivity (Wildman–Crippen MR) is 133 cm³/mol. The number of aromatic nitrogens is 2. The monoisotopic (exact) mass is 472 g/mol. The Hall–Kier alpha value is -1.84. The van der Waals surface area contributed by atoms with Gasteiger partial charge in [-0.05, 0) is 31.1 Å². The van der Waals surface area contributed by atoms with Crippen molar-refractivity contribution in [2.45, 2.75) is 38.1 Å². The van der Waals surface area contributed by atoms with Crippen molar-refractivity contribution in [3.05, 3.63) is 45.2 Å². The molecule has 1 saturated carbocycles. The molecule has 6 nitrogen and oxygen atoms in total. The summed E-state index contributed by atoms with van der Waals surface area (Å²) in [6, 6.07) is 5.73. The summed E-state index contributed by atoms with van der Waals surface area (Å²) in [7, 11) is 0. The molecular weight excluding hydrogens is 448 g/mol. The predicted octanol–water partition coefficient (Wildman–Crippen LogP) is 3.78. The van der Waals surface area contributed by atoms with Crippen LogP contribution in [0.2, 0.25) is 0 Å². The van der Waals surface area contributed by atoms with Gasteiger partial charge in [0.2, 0.25) is 0 Å². The van der Waals surface area contributed by atoms with Crippen molar-refractivity contribution in [1.82, 2.24) is 14.3 Å². The molecule has 0 spiro atoms. The van der Waals surface area contributed by atoms with Crippen LogP contribution in [0.3, 0.4) is 0 Å². The molecule has 2 aromatic rings. The lowest BCUT2D eigenvalue weighted by Gasteiger charge is -2.30. The van der Waals surface area contributed by atoms with E-state index in [2.05, 4.69) is 4.90 Å². The molecule has 31 heavy (non-hydrogen) atoms. The van der Waals surface area contributed by atoms with Crippen molar-refractivity contribution in [3.63, 3.8) is 0 Å². The molecular formula is C22H24N4O2S3. The molecule has 5 rings (SSSR count). The molecule has 0 aromatic carbocycles. The Morgan fingerprint density at radius 3 is 2.65 bits per heavy atom. The molecule has 2 aromatic heterocycles. The number of fused-ring (bicyclic) bond motifs is 1. The smallest absolute Gasteiger partial charge is 0.267 e. The topological polar surface area (TPSA) is 57.9 Å². The highest BCUT2D eigenvalue weighted by molar-refractivity contribution is 8.26. The number of carbonyl (C=O) groups is 1. The van der Waals surface area contributed by atoms with Crippen LogP contribution in [0.25, 0.3) is 11.7 Å². The largest absolute Gasteiger partial charge is 0.354 e. The molecule has 0 unspecified atom stereocenters. The van der Waals surface area contributed by atoms with Gasteiger partial charge in [-0.1, -0.05) is 49.3 Å². The molecule has 1 aliphatic carbocycles. The number of thiocarbonyl (C=S) groups is 1. The zero-order chi connectivity index (χ0) is 21.4. The molecule has 0 N–H and O–H groups in total. The summed E-state index contributed by atoms with van der Waals surface area (Å²) in [5.74, 6) is 2.59. The second-order valence-electron chi connectivity index (χ2n) is 8.03. The van der Waals surface area contributed by atoms with E-state index in [9.17, 15) is 9.59 Å². The highest BCUT2D eigenvalue weighted by Gasteiger charge is 2.38. The minimum Gasteiger partial charge on any atom is -0.354 e. The fraction of sp³-hybridized carbons (Fsp3) is 0.455. The van der Waals surface area contributed by atoms with E-state index in [-0.39, 0.29) is 17.5 Å². The number of nitrogens with zero attached hydrogens (tertiary/aromatic N) is 4. The Morgan fingerprint density at radius 2 is 1.87 bits per heavy atom. The Balaban J connectivity index is 1.58. The fourth-order valence-corrected chi connectivity index (χ4v) is 6.78. The average molecular weight is 473 g/mol. The molecule has 0 atom stereocenters. The van der Waals surface area contributed by atoms with Crippen molar-refractivity contribution in [2.24, 2.45) is 0 Å². The first-order chi connectivity index (χ1) is 15.1. The van der Waals surface area contributed by atoms with E-state index in [0.717, 1.165) is 50.3 Å². The minimum absolute atomic E-state index is 0.0698. The number of amides is 1. The minimum atomic E-state index is -0.151. The molecule has 2 saturated heterocycles. The van der Waals surface area contributed by atoms with E-state index in [1.54, 1.807) is 21.6 Å². The van der Waals surface area contributed by atoms with Crippen molar-refractivity contribution >= 4 is 63.5 Å². The molecule has 0 bridgehead atoms. The normalized spacial score (nSPS) is 22.1. The van der Waals surface area contributed by atoms with Gasteiger partial charge < -0.3 is 4.90 Å². The maximum atomic E-state index is 13.4. The molecule has 4 heterocycles. The number of hydrogen-bond acceptors (Lipinski definition) is 7. The van der Waals surface area contributed by atoms with Gasteiger partial charge in [0.05, 0.1) is 10.5 Å². The zero-order valence-electron chi connectivity index (χ0n) is 17.2. The second-order valence-corrected chi connectivity index (χ2v) is 10.9. The van der Waals surface area contributed by atoms with E-state index in [1.807, 2.05) is 30.0 Å². The highest BCUT2D eigenvalue weighted by Crippen LogP contribution is 2.37. The quantitative estimate of drug-likeness (QED) is 0.498. The highest BCUT2D eigenvalue weighted by atomic mass is 32.2. The summed E-state index contributed by atoms with van der Waals surface area (Å²) < 4.78 is 2.16. The van der Waals surface area contributed by atoms with Crippen molar-refractivity contribution in [2.75, 3.05) is 29.5 Å². The Morgan fingerprint density at radius 1 is 1.10 bits per heavy atom. The number of carbonyl (C=O) groups excluding carboxylic acids is 1. The van der Waals surface area contributed by atoms with E-state index in [4.69, 9.17) is 17.2 Å². The van der Waals surface area contributed by atoms with Gasteiger partial charge in [0, 0.05) is 36.8 Å². The third-order valence-electron chi connectivity index (χ3n) is 6.10. The van der Waals surface area contributed by atoms with Crippen LogP contribution in [0.4, 0.5) is 5.82 Å². The van der Waals surface area contributed by atoms with Crippen LogP contribution in [0, 0.1) is 0 Å². The lowest BCUT2D eigenvalue weighted by atomic mass is 9.94. The Kier molecular flexibility index (Phi) is 6.08. The standard InChI is InChI=1S/C22H24N4O2S3/c27-20-16(14-17-21(28)26(22(29)31-17)15-6-2-1-3-7-15)19(24-10-12-30-13-11-24)23-18-8-4-5-9-25(18)20/h4-5,8-9,14-15H,1-3,6-7,10-13H2/b17-14-. The summed E-state index contributed by atoms with van der Waals surface area (Å²) in [6.45, 7) is 1.67. The first-order valence-corrected chi connectivity index (χ1v) is 13.1. The SMILES string of the molecule is O=C1/C(=C/c2c(N3CCSCC3)nc3ccccn3c2=O)SC(=S)N1C1CCCCC1. The van der Waals surface area contributed by atoms with Gasteiger partial charge in [-0.2, -0.15) is 11.8 Å². The van der Waals surface area contributed by atoms with Crippen LogP contribution in [-0.4, -0.2) is 55.1 Å². The second kappa shape index (κ2) is 8.96. The summed E-state index contributed by atoms with van der Waals surface area (Å²) in [5, 5.41) is 0. The van der Waals surface area contributed by atoms with Crippen LogP contribution >= 0.6 is 35.7 Å². The van der Waals surface area contributed by atoms with E-state index >= 15 is 0 Å². The van der Waals surface area contributed by atoms with Gasteiger partial charge in [0.25, 0.3) is 11.5 Å². The van der Waals surface area contributed by atoms with Gasteiger partial charge in [0.1, 0.15) is 15.8 Å². The van der Waals surface area contributed by atoms with Crippen molar-refractivity contribution in [1.29, 1.82) is 0 Å². The summed E-state index contributed by atoms with van der Waals surface area (Å²) >= 11 is 8.79. The van der Waals surface area contributed by atoms with Crippen LogP contribution in [0.15, 0.2) is 34.1 Å². The van der Waals surface area contributed by atoms with Crippen LogP contribution < -0.4 is 10.5 Å². The van der Waals surface area contributed by atoms with Gasteiger partial charge in [-0.3, -0.25) is 18.9 Å². The van der Waals surface area contributed by atoms with Gasteiger partial charge in [0.15, 0.2) is 0 Å². The van der Waals surface area contributed by atoms with Crippen molar-refractivity contribution < 1.29 is 4.79 Å². The lowest BCUT2D eigenvalue weighted by molar-refractivity contribution is -0.124. The molecule has 9 heteroatoms. The molecule has 1 amide bonds. The first-order valence-electron chi connectivity index (χ1n) is 10.7. The van der Waals surface area contributed by atoms with Crippen LogP contribution in [0.1, 0.15) is 37.7 Å². The van der Waals surface area contributed by atoms with Crippen molar-refractivity contribution in [3.8, 4) is 0 Å². The van der Waals surface area contributed by atoms with Crippen LogP contribution in [-0.2, 0) is 4.79 Å². The van der Waals surface area contributed by atoms with E-state index in [0.29, 0.717) is 26.3 Å². The maximum absolute atomic E-state index is 13.4. The number of pyridine rings is 1. The number of anilines is 1. The molecule has 3 fully saturated rings. The molecule has 0 radical (unpaired) electrons. The van der Waals surface area contributed by atoms with E-state index < -0.39 is 0 Å². The first kappa shape index (κ1) is 21.0. The Labute approximate surface area is 195 Å². The third-order valence-corrected chi connectivity index (χ3v) is 8.37. The Bertz CT molecular complexity index is 1120. The number of hydrogen-bond donors (Lipinski definition) is 0. The number of thioether (sulfide) groups is 2. The summed E-state index contributed by atoms with van der Waals surface area (Å²) in [5.41, 5.74) is 0.939. The number of rotatable bonds is 3. The van der Waals surface area contributed by atoms with Gasteiger partial charge in [-0.25, -0.2) is 4.98 Å². The third kappa shape index (κ3) is 4.03. The average Bonchev–Trinajstić information content (AvgIpc) is 3.09. The van der Waals surface area contributed by atoms with Gasteiger partial charge >= 0.3 is 0 Å². The lowest BCUT2D eigenvalue weighted by Crippen LogP contribution is -2.39. The fourth-order valence-electron chi connectivity index (χ4n) is 4.50. The maximum Gasteiger partial charge on any atom is 0.267 e. The summed E-state index contributed by atoms with van der Waals surface area (Å²) in [4.78, 5) is 36.0. The van der Waals surface area contributed by atoms with Crippen LogP contribution in [0.5, 0.6) is 0 Å². The summed E-state index contributed by atoms with van der Waals surface area (Å²) in [6.07, 6.45) is 8.94. The van der Waals surface area contributed by atoms with E-state index in [1.165, 1.54) is 18.2 Å². The molecule has 162 valence electrons. The zero-order valence-corrected chi connectivity index (χ0v) is 19.6.